The Morgan fingerprint density at radius 3 is 1.96 bits per heavy atom. The molecule has 1 heterocycles. The van der Waals surface area contributed by atoms with Gasteiger partial charge < -0.3 is 44.4 Å². The molecule has 0 unspecified atom stereocenters. The van der Waals surface area contributed by atoms with Crippen molar-refractivity contribution in [2.24, 2.45) is 0 Å². The molecule has 2 aromatic rings. The molecule has 3 rings (SSSR count). The predicted octanol–water partition coefficient (Wildman–Crippen LogP) is 0.923. The molecule has 0 aliphatic carbocycles. The fourth-order valence-electron chi connectivity index (χ4n) is 4.74. The highest BCUT2D eigenvalue weighted by atomic mass is 16.7. The van der Waals surface area contributed by atoms with Crippen LogP contribution in [0.1, 0.15) is 31.9 Å². The molecule has 1 aliphatic rings. The molecule has 15 nitrogen and oxygen atoms in total. The fourth-order valence-corrected chi connectivity index (χ4v) is 4.74. The summed E-state index contributed by atoms with van der Waals surface area (Å²) in [6.45, 7) is 2.60. The molecule has 0 bridgehead atoms. The van der Waals surface area contributed by atoms with Gasteiger partial charge in [-0.3, -0.25) is 24.0 Å². The number of amides is 3. The minimum absolute atomic E-state index is 0.0212. The van der Waals surface area contributed by atoms with Crippen LogP contribution in [0, 0.1) is 0 Å². The molecular weight excluding hydrogens is 618 g/mol. The molecule has 3 N–H and O–H groups in total. The third kappa shape index (κ3) is 12.0. The van der Waals surface area contributed by atoms with E-state index < -0.39 is 79.0 Å². The van der Waals surface area contributed by atoms with E-state index in [1.54, 1.807) is 54.6 Å². The van der Waals surface area contributed by atoms with E-state index in [9.17, 15) is 28.8 Å². The minimum Gasteiger partial charge on any atom is -0.463 e. The quantitative estimate of drug-likeness (QED) is 0.192. The molecule has 6 atom stereocenters. The highest BCUT2D eigenvalue weighted by molar-refractivity contribution is 5.89. The summed E-state index contributed by atoms with van der Waals surface area (Å²) < 4.78 is 32.4. The molecule has 0 aromatic heterocycles. The van der Waals surface area contributed by atoms with Gasteiger partial charge in [0, 0.05) is 34.3 Å². The molecule has 254 valence electrons. The van der Waals surface area contributed by atoms with Gasteiger partial charge in [-0.1, -0.05) is 60.7 Å². The molecule has 0 saturated carbocycles. The first-order valence-corrected chi connectivity index (χ1v) is 14.7. The Bertz CT molecular complexity index is 1370. The average molecular weight is 658 g/mol. The van der Waals surface area contributed by atoms with Gasteiger partial charge in [0.1, 0.15) is 37.9 Å². The molecule has 1 fully saturated rings. The largest absolute Gasteiger partial charge is 0.463 e. The summed E-state index contributed by atoms with van der Waals surface area (Å²) in [5.74, 6) is -3.54. The summed E-state index contributed by atoms with van der Waals surface area (Å²) in [6.07, 6.45) is -5.04. The van der Waals surface area contributed by atoms with Crippen molar-refractivity contribution in [2.45, 2.75) is 70.5 Å². The van der Waals surface area contributed by atoms with Gasteiger partial charge >= 0.3 is 29.9 Å². The van der Waals surface area contributed by atoms with Crippen LogP contribution < -0.4 is 16.0 Å². The number of urea groups is 1. The second kappa shape index (κ2) is 18.2. The van der Waals surface area contributed by atoms with Crippen LogP contribution in [0.2, 0.25) is 0 Å². The fraction of sp³-hybridized carbons (Fsp3) is 0.438. The Labute approximate surface area is 271 Å². The van der Waals surface area contributed by atoms with E-state index in [-0.39, 0.29) is 19.6 Å². The van der Waals surface area contributed by atoms with Gasteiger partial charge in [-0.05, 0) is 11.1 Å². The van der Waals surface area contributed by atoms with E-state index in [0.29, 0.717) is 5.56 Å². The zero-order valence-electron chi connectivity index (χ0n) is 26.5. The first kappa shape index (κ1) is 36.4. The van der Waals surface area contributed by atoms with Crippen molar-refractivity contribution in [3.8, 4) is 0 Å². The van der Waals surface area contributed by atoms with Crippen LogP contribution in [0.15, 0.2) is 60.7 Å². The Morgan fingerprint density at radius 2 is 1.38 bits per heavy atom. The predicted molar refractivity (Wildman–Crippen MR) is 162 cm³/mol. The summed E-state index contributed by atoms with van der Waals surface area (Å²) in [5.41, 5.74) is 1.48. The number of methoxy groups -OCH3 is 1. The third-order valence-electron chi connectivity index (χ3n) is 6.79. The van der Waals surface area contributed by atoms with Crippen LogP contribution in [0.5, 0.6) is 0 Å². The Balaban J connectivity index is 1.76. The number of hydrogen-bond acceptors (Lipinski definition) is 12. The lowest BCUT2D eigenvalue weighted by atomic mass is 9.96. The second-order valence-corrected chi connectivity index (χ2v) is 10.5. The molecule has 1 aliphatic heterocycles. The number of carbonyl (C=O) groups excluding carboxylic acids is 6. The molecule has 0 radical (unpaired) electrons. The number of benzene rings is 2. The van der Waals surface area contributed by atoms with E-state index >= 15 is 0 Å². The zero-order chi connectivity index (χ0) is 34.3. The molecule has 15 heteroatoms. The SMILES string of the molecule is CO[C@@H]1O[C@H](COC(C)=O)[C@@H](OC(C)=O)[C@H](OC(C)=O)[C@H]1NC(=O)N[C@@H](Cc1ccccc1)C(=O)NCC(=O)OCc1ccccc1. The lowest BCUT2D eigenvalue weighted by Gasteiger charge is -2.44. The lowest BCUT2D eigenvalue weighted by Crippen LogP contribution is -2.68. The van der Waals surface area contributed by atoms with E-state index in [1.807, 2.05) is 6.07 Å². The standard InChI is InChI=1S/C32H39N3O12/c1-19(36)43-18-25-28(45-20(2)37)29(46-21(3)38)27(31(42-4)47-25)35-32(41)34-24(15-22-11-7-5-8-12-22)30(40)33-16-26(39)44-17-23-13-9-6-10-14-23/h5-14,24-25,27-29,31H,15-18H2,1-4H3,(H,33,40)(H2,34,35,41)/t24-,25+,27+,28+,29+,31+/m0/s1. The number of esters is 4. The number of hydrogen-bond donors (Lipinski definition) is 3. The molecule has 47 heavy (non-hydrogen) atoms. The van der Waals surface area contributed by atoms with Gasteiger partial charge in [-0.15, -0.1) is 0 Å². The maximum absolute atomic E-state index is 13.4. The number of ether oxygens (including phenoxy) is 6. The van der Waals surface area contributed by atoms with Gasteiger partial charge in [0.05, 0.1) is 0 Å². The van der Waals surface area contributed by atoms with Gasteiger partial charge in [0.15, 0.2) is 18.5 Å². The van der Waals surface area contributed by atoms with E-state index in [0.717, 1.165) is 19.4 Å². The van der Waals surface area contributed by atoms with Crippen LogP contribution in [0.4, 0.5) is 4.79 Å². The van der Waals surface area contributed by atoms with Crippen LogP contribution >= 0.6 is 0 Å². The normalized spacial score (nSPS) is 20.9. The van der Waals surface area contributed by atoms with E-state index in [4.69, 9.17) is 28.4 Å². The maximum atomic E-state index is 13.4. The monoisotopic (exact) mass is 657 g/mol. The molecule has 3 amide bonds. The number of nitrogens with one attached hydrogen (secondary N) is 3. The van der Waals surface area contributed by atoms with Crippen LogP contribution in [-0.2, 0) is 65.4 Å². The second-order valence-electron chi connectivity index (χ2n) is 10.5. The zero-order valence-corrected chi connectivity index (χ0v) is 26.5. The van der Waals surface area contributed by atoms with Crippen molar-refractivity contribution in [3.63, 3.8) is 0 Å². The van der Waals surface area contributed by atoms with E-state index in [2.05, 4.69) is 16.0 Å². The molecule has 1 saturated heterocycles. The number of carbonyl (C=O) groups is 6. The van der Waals surface area contributed by atoms with Gasteiger partial charge in [0.25, 0.3) is 0 Å². The first-order chi connectivity index (χ1) is 22.5. The van der Waals surface area contributed by atoms with Gasteiger partial charge in [-0.2, -0.15) is 0 Å². The molecule has 2 aromatic carbocycles. The Kier molecular flexibility index (Phi) is 14.1. The van der Waals surface area contributed by atoms with Crippen molar-refractivity contribution in [1.29, 1.82) is 0 Å². The topological polar surface area (TPSA) is 194 Å². The van der Waals surface area contributed by atoms with Crippen molar-refractivity contribution >= 4 is 35.8 Å². The van der Waals surface area contributed by atoms with Crippen molar-refractivity contribution < 1.29 is 57.2 Å². The minimum atomic E-state index is -1.36. The molecule has 0 spiro atoms. The van der Waals surface area contributed by atoms with E-state index in [1.165, 1.54) is 14.0 Å². The highest BCUT2D eigenvalue weighted by Crippen LogP contribution is 2.27. The smallest absolute Gasteiger partial charge is 0.325 e. The maximum Gasteiger partial charge on any atom is 0.325 e. The summed E-state index contributed by atoms with van der Waals surface area (Å²) in [4.78, 5) is 74.6. The highest BCUT2D eigenvalue weighted by Gasteiger charge is 2.51. The average Bonchev–Trinajstić information content (AvgIpc) is 3.03. The van der Waals surface area contributed by atoms with Crippen molar-refractivity contribution in [1.82, 2.24) is 16.0 Å². The van der Waals surface area contributed by atoms with Gasteiger partial charge in [-0.25, -0.2) is 4.79 Å². The third-order valence-corrected chi connectivity index (χ3v) is 6.79. The summed E-state index contributed by atoms with van der Waals surface area (Å²) in [6, 6.07) is 14.5. The van der Waals surface area contributed by atoms with Gasteiger partial charge in [0.2, 0.25) is 5.91 Å². The first-order valence-electron chi connectivity index (χ1n) is 14.7. The van der Waals surface area contributed by atoms with Crippen LogP contribution in [0.3, 0.4) is 0 Å². The summed E-state index contributed by atoms with van der Waals surface area (Å²) >= 11 is 0. The van der Waals surface area contributed by atoms with Crippen LogP contribution in [-0.4, -0.2) is 92.8 Å². The summed E-state index contributed by atoms with van der Waals surface area (Å²) in [7, 11) is 1.26. The Morgan fingerprint density at radius 1 is 0.787 bits per heavy atom. The molecular formula is C32H39N3O12. The summed E-state index contributed by atoms with van der Waals surface area (Å²) in [5, 5.41) is 7.65. The van der Waals surface area contributed by atoms with Crippen molar-refractivity contribution in [2.75, 3.05) is 20.3 Å². The van der Waals surface area contributed by atoms with Crippen LogP contribution in [0.25, 0.3) is 0 Å². The lowest BCUT2D eigenvalue weighted by molar-refractivity contribution is -0.270. The van der Waals surface area contributed by atoms with Crippen molar-refractivity contribution in [3.05, 3.63) is 71.8 Å². The number of rotatable bonds is 14. The Hall–Kier alpha value is -5.02.